The van der Waals surface area contributed by atoms with Crippen LogP contribution in [0.2, 0.25) is 5.02 Å². The molecule has 3 N–H and O–H groups in total. The average molecular weight is 929 g/mol. The molecule has 0 bridgehead atoms. The third kappa shape index (κ3) is 10.8. The van der Waals surface area contributed by atoms with Crippen LogP contribution in [0.15, 0.2) is 136 Å². The number of hydrogen-bond donors (Lipinski definition) is 3. The van der Waals surface area contributed by atoms with Gasteiger partial charge in [0.1, 0.15) is 10.6 Å². The monoisotopic (exact) mass is 927 g/mol. The van der Waals surface area contributed by atoms with E-state index in [0.717, 1.165) is 62.1 Å². The Kier molecular flexibility index (Phi) is 15.2. The molecule has 326 valence electrons. The third-order valence-corrected chi connectivity index (χ3v) is 12.2. The summed E-state index contributed by atoms with van der Waals surface area (Å²) in [5.41, 5.74) is 10.4. The molecule has 0 unspecified atom stereocenters. The van der Waals surface area contributed by atoms with Crippen LogP contribution >= 0.6 is 11.6 Å². The number of benzene rings is 5. The van der Waals surface area contributed by atoms with Crippen molar-refractivity contribution in [1.29, 1.82) is 0 Å². The average Bonchev–Trinajstić information content (AvgIpc) is 3.52. The van der Waals surface area contributed by atoms with E-state index in [9.17, 15) is 25.9 Å². The maximum absolute atomic E-state index is 12.4. The second-order valence-electron chi connectivity index (χ2n) is 15.5. The SMILES string of the molecule is CCOc1[c-]c(S(=O)(=O)O)c(Nc2ccc(C(=C3C=CC(=Nc4ccc(OCC)c(S(=O)(=O)O)c4)C=C3)c3c(-c4ccc(Cl)cc4)n(CC(C)C)c4cc(C)cc(C)c34)cc2)cc1.[Na+]. The van der Waals surface area contributed by atoms with Crippen LogP contribution in [0, 0.1) is 25.8 Å². The molecule has 1 aromatic heterocycles. The molecule has 0 amide bonds. The molecule has 0 saturated carbocycles. The molecule has 0 saturated heterocycles. The van der Waals surface area contributed by atoms with Gasteiger partial charge in [0.2, 0.25) is 0 Å². The molecule has 0 atom stereocenters. The normalized spacial score (nSPS) is 12.7. The minimum atomic E-state index is -4.66. The fourth-order valence-electron chi connectivity index (χ4n) is 7.79. The van der Waals surface area contributed by atoms with Crippen molar-refractivity contribution in [1.82, 2.24) is 4.57 Å². The molecule has 0 spiro atoms. The Bertz CT molecular complexity index is 3070. The first-order valence-corrected chi connectivity index (χ1v) is 23.6. The molecule has 11 nitrogen and oxygen atoms in total. The molecule has 0 radical (unpaired) electrons. The summed E-state index contributed by atoms with van der Waals surface area (Å²) in [6, 6.07) is 30.0. The van der Waals surface area contributed by atoms with Gasteiger partial charge >= 0.3 is 29.6 Å². The van der Waals surface area contributed by atoms with Crippen LogP contribution < -0.4 is 44.3 Å². The molecular formula is C49H47ClN3NaO8S2. The number of anilines is 2. The van der Waals surface area contributed by atoms with Crippen molar-refractivity contribution in [3.05, 3.63) is 154 Å². The standard InChI is InChI=1S/C49H47ClN3O8S2.Na/c1-7-60-40-22-23-41(44(28-40)62(54,55)56)52-38-19-13-34(14-20-38)47(33-11-17-37(18-12-33)51-39-21-24-43(61-8-2)45(27-39)63(57,58)59)48-46-32(6)25-31(5)26-42(46)53(29-30(3)4)49(48)35-9-15-36(50)16-10-35;/h9-27,30,52H,7-8,29H2,1-6H3,(H,54,55,56)(H,57,58,59);/q-1;+1. The molecule has 15 heteroatoms. The largest absolute Gasteiger partial charge is 1.00 e. The second kappa shape index (κ2) is 20.1. The second-order valence-corrected chi connectivity index (χ2v) is 18.6. The van der Waals surface area contributed by atoms with E-state index in [4.69, 9.17) is 26.1 Å². The van der Waals surface area contributed by atoms with Gasteiger partial charge in [0.15, 0.2) is 0 Å². The van der Waals surface area contributed by atoms with Crippen molar-refractivity contribution >= 4 is 71.1 Å². The van der Waals surface area contributed by atoms with E-state index in [1.807, 2.05) is 72.8 Å². The zero-order chi connectivity index (χ0) is 45.2. The fraction of sp³-hybridized carbons (Fsp3) is 0.204. The topological polar surface area (TPSA) is 157 Å². The number of rotatable bonds is 14. The van der Waals surface area contributed by atoms with Gasteiger partial charge in [0.25, 0.3) is 20.2 Å². The maximum atomic E-state index is 12.4. The van der Waals surface area contributed by atoms with Crippen molar-refractivity contribution in [2.75, 3.05) is 18.5 Å². The molecular weight excluding hydrogens is 881 g/mol. The van der Waals surface area contributed by atoms with E-state index in [1.165, 1.54) is 18.2 Å². The smallest absolute Gasteiger partial charge is 0.520 e. The van der Waals surface area contributed by atoms with Gasteiger partial charge in [-0.2, -0.15) is 16.8 Å². The van der Waals surface area contributed by atoms with Gasteiger partial charge in [-0.1, -0.05) is 73.6 Å². The number of nitrogens with one attached hydrogen (secondary N) is 1. The maximum Gasteiger partial charge on any atom is 1.00 e. The van der Waals surface area contributed by atoms with Crippen LogP contribution in [-0.2, 0) is 26.8 Å². The van der Waals surface area contributed by atoms with E-state index < -0.39 is 25.1 Å². The summed E-state index contributed by atoms with van der Waals surface area (Å²) < 4.78 is 82.7. The summed E-state index contributed by atoms with van der Waals surface area (Å²) >= 11 is 6.47. The third-order valence-electron chi connectivity index (χ3n) is 10.2. The van der Waals surface area contributed by atoms with Crippen molar-refractivity contribution in [3.63, 3.8) is 0 Å². The number of ether oxygens (including phenoxy) is 2. The van der Waals surface area contributed by atoms with Crippen LogP contribution in [0.5, 0.6) is 11.5 Å². The number of aryl methyl sites for hydroxylation is 2. The molecule has 1 aliphatic rings. The Hall–Kier alpha value is -4.96. The van der Waals surface area contributed by atoms with Gasteiger partial charge in [-0.15, -0.1) is 18.2 Å². The fourth-order valence-corrected chi connectivity index (χ4v) is 9.19. The van der Waals surface area contributed by atoms with E-state index in [-0.39, 0.29) is 58.2 Å². The van der Waals surface area contributed by atoms with Gasteiger partial charge in [-0.3, -0.25) is 9.11 Å². The van der Waals surface area contributed by atoms with Gasteiger partial charge < -0.3 is 19.4 Å². The number of aliphatic imine (C=N–C) groups is 1. The molecule has 7 rings (SSSR count). The molecule has 5 aromatic carbocycles. The van der Waals surface area contributed by atoms with Crippen LogP contribution in [0.1, 0.15) is 49.9 Å². The van der Waals surface area contributed by atoms with Crippen LogP contribution in [-0.4, -0.2) is 49.4 Å². The first-order chi connectivity index (χ1) is 29.9. The summed E-state index contributed by atoms with van der Waals surface area (Å²) in [6.07, 6.45) is 7.63. The molecule has 1 heterocycles. The van der Waals surface area contributed by atoms with Gasteiger partial charge in [-0.25, -0.2) is 4.99 Å². The zero-order valence-corrected chi connectivity index (χ0v) is 41.0. The van der Waals surface area contributed by atoms with Crippen molar-refractivity contribution < 1.29 is 65.0 Å². The number of halogens is 1. The number of aromatic nitrogens is 1. The molecule has 64 heavy (non-hydrogen) atoms. The summed E-state index contributed by atoms with van der Waals surface area (Å²) in [5, 5.41) is 4.83. The number of hydrogen-bond acceptors (Lipinski definition) is 8. The quantitative estimate of drug-likeness (QED) is 0.0552. The van der Waals surface area contributed by atoms with Crippen LogP contribution in [0.25, 0.3) is 27.7 Å². The number of allylic oxidation sites excluding steroid dienone is 5. The molecule has 0 fully saturated rings. The predicted octanol–water partition coefficient (Wildman–Crippen LogP) is 8.77. The van der Waals surface area contributed by atoms with Gasteiger partial charge in [-0.05, 0) is 128 Å². The first kappa shape index (κ1) is 48.5. The van der Waals surface area contributed by atoms with E-state index >= 15 is 0 Å². The zero-order valence-electron chi connectivity index (χ0n) is 36.6. The summed E-state index contributed by atoms with van der Waals surface area (Å²) in [5.74, 6) is 0.515. The Balaban J connectivity index is 0.00000680. The van der Waals surface area contributed by atoms with Crippen molar-refractivity contribution in [3.8, 4) is 22.8 Å². The molecule has 0 aliphatic heterocycles. The Morgan fingerprint density at radius 2 is 1.50 bits per heavy atom. The van der Waals surface area contributed by atoms with Crippen LogP contribution in [0.3, 0.4) is 0 Å². The number of fused-ring (bicyclic) bond motifs is 1. The first-order valence-electron chi connectivity index (χ1n) is 20.3. The summed E-state index contributed by atoms with van der Waals surface area (Å²) in [7, 11) is -9.25. The predicted molar refractivity (Wildman–Crippen MR) is 252 cm³/mol. The van der Waals surface area contributed by atoms with Crippen LogP contribution in [0.4, 0.5) is 17.1 Å². The minimum absolute atomic E-state index is 0. The Labute approximate surface area is 402 Å². The Morgan fingerprint density at radius 1 is 0.828 bits per heavy atom. The van der Waals surface area contributed by atoms with Gasteiger partial charge in [0, 0.05) is 44.4 Å². The van der Waals surface area contributed by atoms with E-state index in [2.05, 4.69) is 55.8 Å². The van der Waals surface area contributed by atoms with Crippen molar-refractivity contribution in [2.24, 2.45) is 10.9 Å². The number of nitrogens with zero attached hydrogens (tertiary/aromatic N) is 2. The minimum Gasteiger partial charge on any atom is -0.520 e. The van der Waals surface area contributed by atoms with E-state index in [1.54, 1.807) is 26.0 Å². The molecule has 1 aliphatic carbocycles. The van der Waals surface area contributed by atoms with Gasteiger partial charge in [0.05, 0.1) is 30.3 Å². The molecule has 6 aromatic rings. The summed E-state index contributed by atoms with van der Waals surface area (Å²) in [6.45, 7) is 13.3. The van der Waals surface area contributed by atoms with E-state index in [0.29, 0.717) is 34.6 Å². The Morgan fingerprint density at radius 3 is 2.11 bits per heavy atom. The summed E-state index contributed by atoms with van der Waals surface area (Å²) in [4.78, 5) is 3.89. The van der Waals surface area contributed by atoms with Crippen molar-refractivity contribution in [2.45, 2.75) is 57.9 Å².